The summed E-state index contributed by atoms with van der Waals surface area (Å²) < 4.78 is 10.1. The van der Waals surface area contributed by atoms with Crippen molar-refractivity contribution in [3.8, 4) is 5.75 Å². The van der Waals surface area contributed by atoms with Crippen molar-refractivity contribution in [1.82, 2.24) is 15.3 Å². The number of carbonyl (C=O) groups excluding carboxylic acids is 2. The zero-order valence-electron chi connectivity index (χ0n) is 21.3. The summed E-state index contributed by atoms with van der Waals surface area (Å²) in [5.41, 5.74) is 2.22. The summed E-state index contributed by atoms with van der Waals surface area (Å²) in [5, 5.41) is 16.2. The van der Waals surface area contributed by atoms with Crippen molar-refractivity contribution in [1.29, 1.82) is 5.41 Å². The highest BCUT2D eigenvalue weighted by atomic mass is 32.2. The molecule has 2 atom stereocenters. The van der Waals surface area contributed by atoms with Crippen molar-refractivity contribution in [2.24, 2.45) is 0 Å². The number of ether oxygens (including phenoxy) is 2. The molecule has 0 saturated heterocycles. The highest BCUT2D eigenvalue weighted by Gasteiger charge is 2.61. The number of nitrogens with one attached hydrogen (secondary N) is 3. The van der Waals surface area contributed by atoms with Gasteiger partial charge in [0.1, 0.15) is 16.6 Å². The Morgan fingerprint density at radius 2 is 2.00 bits per heavy atom. The monoisotopic (exact) mass is 541 g/mol. The number of allylic oxidation sites excluding steroid dienone is 1. The van der Waals surface area contributed by atoms with E-state index in [0.29, 0.717) is 41.0 Å². The maximum Gasteiger partial charge on any atom is 0.316 e. The Bertz CT molecular complexity index is 1230. The molecule has 1 aromatic heterocycles. The standard InChI is InChI=1S/C26H31N5O4S2/c1-5-17(21(27)15-7-9-16(34-3)10-8-15)23(33)29-12-11-28-22-20-18-13-26(18,6-2)37-24(20)31-25(30-22)36-14-19(32)35-4/h5,7-10,18,27H,6,11-14H2,1-4H3,(H,29,33)(H,28,30,31)/b17-5-,27-21?. The normalized spacial score (nSPS) is 19.5. The molecular formula is C26H31N5O4S2. The Labute approximate surface area is 225 Å². The molecule has 196 valence electrons. The number of esters is 1. The average molecular weight is 542 g/mol. The third-order valence-electron chi connectivity index (χ3n) is 6.59. The number of carbonyl (C=O) groups is 2. The first-order valence-electron chi connectivity index (χ1n) is 12.1. The van der Waals surface area contributed by atoms with E-state index < -0.39 is 0 Å². The molecule has 2 aromatic rings. The first-order valence-corrected chi connectivity index (χ1v) is 13.9. The first-order chi connectivity index (χ1) is 17.9. The Morgan fingerprint density at radius 1 is 1.24 bits per heavy atom. The molecule has 37 heavy (non-hydrogen) atoms. The fraction of sp³-hybridized carbons (Fsp3) is 0.423. The predicted molar refractivity (Wildman–Crippen MR) is 146 cm³/mol. The largest absolute Gasteiger partial charge is 0.497 e. The lowest BCUT2D eigenvalue weighted by molar-refractivity contribution is -0.137. The van der Waals surface area contributed by atoms with Crippen LogP contribution in [0, 0.1) is 5.41 Å². The van der Waals surface area contributed by atoms with Crippen molar-refractivity contribution < 1.29 is 19.1 Å². The minimum Gasteiger partial charge on any atom is -0.497 e. The van der Waals surface area contributed by atoms with E-state index in [-0.39, 0.29) is 28.1 Å². The molecule has 1 fully saturated rings. The number of hydrogen-bond donors (Lipinski definition) is 3. The van der Waals surface area contributed by atoms with Gasteiger partial charge in [0.15, 0.2) is 5.16 Å². The lowest BCUT2D eigenvalue weighted by Crippen LogP contribution is -2.32. The Morgan fingerprint density at radius 3 is 2.65 bits per heavy atom. The number of hydrogen-bond acceptors (Lipinski definition) is 10. The van der Waals surface area contributed by atoms with Gasteiger partial charge in [-0.05, 0) is 44.0 Å². The van der Waals surface area contributed by atoms with Gasteiger partial charge in [-0.3, -0.25) is 15.0 Å². The molecule has 0 radical (unpaired) electrons. The molecule has 2 unspecified atom stereocenters. The van der Waals surface area contributed by atoms with Crippen LogP contribution >= 0.6 is 23.5 Å². The molecule has 1 amide bonds. The van der Waals surface area contributed by atoms with E-state index in [1.807, 2.05) is 0 Å². The van der Waals surface area contributed by atoms with E-state index in [0.717, 1.165) is 29.2 Å². The van der Waals surface area contributed by atoms with Gasteiger partial charge in [0, 0.05) is 34.9 Å². The number of benzene rings is 1. The van der Waals surface area contributed by atoms with Crippen LogP contribution in [0.1, 0.15) is 43.7 Å². The molecule has 1 saturated carbocycles. The minimum atomic E-state index is -0.327. The quantitative estimate of drug-likeness (QED) is 0.0694. The van der Waals surface area contributed by atoms with Crippen molar-refractivity contribution in [2.45, 2.75) is 47.5 Å². The molecule has 1 aliphatic heterocycles. The topological polar surface area (TPSA) is 126 Å². The maximum absolute atomic E-state index is 12.8. The summed E-state index contributed by atoms with van der Waals surface area (Å²) in [6.07, 6.45) is 3.82. The summed E-state index contributed by atoms with van der Waals surface area (Å²) in [7, 11) is 2.94. The van der Waals surface area contributed by atoms with Gasteiger partial charge in [0.25, 0.3) is 5.91 Å². The molecule has 1 aliphatic carbocycles. The molecule has 4 rings (SSSR count). The van der Waals surface area contributed by atoms with Gasteiger partial charge in [-0.2, -0.15) is 0 Å². The minimum absolute atomic E-state index is 0.143. The van der Waals surface area contributed by atoms with Crippen LogP contribution < -0.4 is 15.4 Å². The predicted octanol–water partition coefficient (Wildman–Crippen LogP) is 4.03. The summed E-state index contributed by atoms with van der Waals surface area (Å²) >= 11 is 3.06. The van der Waals surface area contributed by atoms with E-state index in [1.54, 1.807) is 56.1 Å². The number of nitrogens with zero attached hydrogens (tertiary/aromatic N) is 2. The number of fused-ring (bicyclic) bond motifs is 3. The van der Waals surface area contributed by atoms with Crippen LogP contribution in [0.3, 0.4) is 0 Å². The zero-order chi connectivity index (χ0) is 26.6. The molecule has 0 bridgehead atoms. The Hall–Kier alpha value is -3.05. The smallest absolute Gasteiger partial charge is 0.316 e. The van der Waals surface area contributed by atoms with Crippen LogP contribution in [-0.4, -0.2) is 65.4 Å². The van der Waals surface area contributed by atoms with Crippen LogP contribution in [0.15, 0.2) is 46.1 Å². The molecule has 2 heterocycles. The summed E-state index contributed by atoms with van der Waals surface area (Å²) in [6, 6.07) is 7.05. The molecule has 0 spiro atoms. The lowest BCUT2D eigenvalue weighted by atomic mass is 10.0. The number of rotatable bonds is 12. The van der Waals surface area contributed by atoms with E-state index >= 15 is 0 Å². The number of methoxy groups -OCH3 is 2. The zero-order valence-corrected chi connectivity index (χ0v) is 23.0. The Kier molecular flexibility index (Phi) is 8.43. The van der Waals surface area contributed by atoms with Crippen molar-refractivity contribution in [2.75, 3.05) is 38.4 Å². The van der Waals surface area contributed by atoms with Gasteiger partial charge in [-0.25, -0.2) is 9.97 Å². The Balaban J connectivity index is 1.38. The lowest BCUT2D eigenvalue weighted by Gasteiger charge is -2.14. The van der Waals surface area contributed by atoms with Crippen molar-refractivity contribution >= 4 is 46.9 Å². The van der Waals surface area contributed by atoms with Crippen LogP contribution in [0.5, 0.6) is 5.75 Å². The summed E-state index contributed by atoms with van der Waals surface area (Å²) in [4.78, 5) is 33.8. The number of amides is 1. The molecule has 9 nitrogen and oxygen atoms in total. The van der Waals surface area contributed by atoms with Crippen LogP contribution in [0.25, 0.3) is 0 Å². The fourth-order valence-electron chi connectivity index (χ4n) is 4.38. The van der Waals surface area contributed by atoms with Crippen molar-refractivity contribution in [3.63, 3.8) is 0 Å². The third kappa shape index (κ3) is 5.77. The number of aromatic nitrogens is 2. The maximum atomic E-state index is 12.8. The number of thioether (sulfide) groups is 2. The second-order valence-electron chi connectivity index (χ2n) is 8.70. The second-order valence-corrected chi connectivity index (χ2v) is 11.1. The molecule has 11 heteroatoms. The molecular weight excluding hydrogens is 510 g/mol. The SMILES string of the molecule is C/C=C(/C(=N)c1ccc(OC)cc1)C(=O)NCCNc1nc(SCC(=O)OC)nc2c1C1CC1(CC)S2. The molecule has 1 aromatic carbocycles. The molecule has 2 aliphatic rings. The summed E-state index contributed by atoms with van der Waals surface area (Å²) in [6.45, 7) is 4.76. The van der Waals surface area contributed by atoms with Gasteiger partial charge in [0.2, 0.25) is 0 Å². The highest BCUT2D eigenvalue weighted by Crippen LogP contribution is 2.71. The van der Waals surface area contributed by atoms with Gasteiger partial charge >= 0.3 is 5.97 Å². The number of anilines is 1. The average Bonchev–Trinajstić information content (AvgIpc) is 3.54. The second kappa shape index (κ2) is 11.6. The van der Waals surface area contributed by atoms with Crippen molar-refractivity contribution in [3.05, 3.63) is 47.0 Å². The van der Waals surface area contributed by atoms with E-state index in [9.17, 15) is 9.59 Å². The van der Waals surface area contributed by atoms with Gasteiger partial charge in [0.05, 0.1) is 31.3 Å². The van der Waals surface area contributed by atoms with E-state index in [1.165, 1.54) is 18.9 Å². The highest BCUT2D eigenvalue weighted by molar-refractivity contribution is 8.01. The van der Waals surface area contributed by atoms with Crippen LogP contribution in [-0.2, 0) is 14.3 Å². The van der Waals surface area contributed by atoms with Gasteiger partial charge < -0.3 is 20.1 Å². The van der Waals surface area contributed by atoms with Crippen LogP contribution in [0.2, 0.25) is 0 Å². The first kappa shape index (κ1) is 27.0. The third-order valence-corrected chi connectivity index (χ3v) is 9.06. The van der Waals surface area contributed by atoms with E-state index in [2.05, 4.69) is 17.6 Å². The van der Waals surface area contributed by atoms with E-state index in [4.69, 9.17) is 24.9 Å². The summed E-state index contributed by atoms with van der Waals surface area (Å²) in [5.74, 6) is 1.38. The fourth-order valence-corrected chi connectivity index (χ4v) is 6.63. The molecule has 3 N–H and O–H groups in total. The van der Waals surface area contributed by atoms with Crippen LogP contribution in [0.4, 0.5) is 5.82 Å². The van der Waals surface area contributed by atoms with Gasteiger partial charge in [-0.1, -0.05) is 36.5 Å². The van der Waals surface area contributed by atoms with Gasteiger partial charge in [-0.15, -0.1) is 0 Å².